The average Bonchev–Trinajstić information content (AvgIpc) is 2.34. The number of hydrogen-bond donors (Lipinski definition) is 1. The molecule has 1 aromatic rings. The number of benzene rings is 1. The summed E-state index contributed by atoms with van der Waals surface area (Å²) >= 11 is 0. The molecule has 0 aromatic heterocycles. The lowest BCUT2D eigenvalue weighted by molar-refractivity contribution is -0.387. The number of nitrogens with zero attached hydrogens (tertiary/aromatic N) is 2. The Kier molecular flexibility index (Phi) is 4.90. The van der Waals surface area contributed by atoms with Gasteiger partial charge in [0, 0.05) is 18.2 Å². The van der Waals surface area contributed by atoms with Gasteiger partial charge in [0.1, 0.15) is 12.4 Å². The third kappa shape index (κ3) is 3.71. The van der Waals surface area contributed by atoms with Gasteiger partial charge in [-0.1, -0.05) is 0 Å². The van der Waals surface area contributed by atoms with Crippen molar-refractivity contribution in [2.45, 2.75) is 19.9 Å². The Hall–Kier alpha value is -2.58. The quantitative estimate of drug-likeness (QED) is 0.660. The van der Waals surface area contributed by atoms with Crippen LogP contribution in [0.3, 0.4) is 0 Å². The molecule has 0 aliphatic carbocycles. The first kappa shape index (κ1) is 16.5. The lowest BCUT2D eigenvalue weighted by atomic mass is 10.1. The molecule has 21 heavy (non-hydrogen) atoms. The highest BCUT2D eigenvalue weighted by molar-refractivity contribution is 5.96. The van der Waals surface area contributed by atoms with E-state index in [1.165, 1.54) is 13.8 Å². The standard InChI is InChI=1S/C12H12F2N2O5/c1-6(2)15(5-11(17)18)12(19)7-3-10(16(20)21)9(14)4-8(7)13/h3-4,6H,5H2,1-2H3,(H,17,18). The molecule has 0 saturated carbocycles. The summed E-state index contributed by atoms with van der Waals surface area (Å²) < 4.78 is 26.9. The topological polar surface area (TPSA) is 101 Å². The van der Waals surface area contributed by atoms with E-state index in [0.29, 0.717) is 6.07 Å². The van der Waals surface area contributed by atoms with Gasteiger partial charge in [-0.05, 0) is 13.8 Å². The highest BCUT2D eigenvalue weighted by Gasteiger charge is 2.27. The van der Waals surface area contributed by atoms with Crippen LogP contribution in [0.15, 0.2) is 12.1 Å². The predicted molar refractivity (Wildman–Crippen MR) is 66.8 cm³/mol. The van der Waals surface area contributed by atoms with Gasteiger partial charge in [0.05, 0.1) is 10.5 Å². The van der Waals surface area contributed by atoms with E-state index < -0.39 is 52.3 Å². The second-order valence-electron chi connectivity index (χ2n) is 4.46. The van der Waals surface area contributed by atoms with Crippen LogP contribution in [0.5, 0.6) is 0 Å². The third-order valence-corrected chi connectivity index (χ3v) is 2.65. The number of carboxylic acid groups (broad SMARTS) is 1. The van der Waals surface area contributed by atoms with E-state index in [4.69, 9.17) is 5.11 Å². The number of rotatable bonds is 5. The Morgan fingerprint density at radius 2 is 1.90 bits per heavy atom. The molecule has 0 saturated heterocycles. The van der Waals surface area contributed by atoms with E-state index in [9.17, 15) is 28.5 Å². The van der Waals surface area contributed by atoms with E-state index in [0.717, 1.165) is 4.90 Å². The van der Waals surface area contributed by atoms with E-state index in [-0.39, 0.29) is 6.07 Å². The second kappa shape index (κ2) is 6.25. The molecule has 1 amide bonds. The van der Waals surface area contributed by atoms with E-state index in [1.807, 2.05) is 0 Å². The SMILES string of the molecule is CC(C)N(CC(=O)O)C(=O)c1cc([N+](=O)[O-])c(F)cc1F. The number of carbonyl (C=O) groups is 2. The van der Waals surface area contributed by atoms with Crippen molar-refractivity contribution in [3.05, 3.63) is 39.4 Å². The largest absolute Gasteiger partial charge is 0.480 e. The fourth-order valence-electron chi connectivity index (χ4n) is 1.63. The molecule has 0 spiro atoms. The Labute approximate surface area is 117 Å². The molecular formula is C12H12F2N2O5. The maximum absolute atomic E-state index is 13.6. The maximum atomic E-state index is 13.6. The molecule has 0 atom stereocenters. The van der Waals surface area contributed by atoms with Crippen molar-refractivity contribution in [3.8, 4) is 0 Å². The highest BCUT2D eigenvalue weighted by atomic mass is 19.1. The molecule has 9 heteroatoms. The van der Waals surface area contributed by atoms with Crippen LogP contribution in [0.1, 0.15) is 24.2 Å². The van der Waals surface area contributed by atoms with Gasteiger partial charge in [0.25, 0.3) is 5.91 Å². The first-order chi connectivity index (χ1) is 9.65. The molecular weight excluding hydrogens is 290 g/mol. The van der Waals surface area contributed by atoms with Gasteiger partial charge in [-0.3, -0.25) is 19.7 Å². The smallest absolute Gasteiger partial charge is 0.323 e. The predicted octanol–water partition coefficient (Wildman–Crippen LogP) is 1.81. The number of amides is 1. The van der Waals surface area contributed by atoms with Gasteiger partial charge in [0.2, 0.25) is 5.82 Å². The van der Waals surface area contributed by atoms with Crippen LogP contribution in [0, 0.1) is 21.7 Å². The molecule has 1 rings (SSSR count). The minimum absolute atomic E-state index is 0.227. The minimum Gasteiger partial charge on any atom is -0.480 e. The van der Waals surface area contributed by atoms with Gasteiger partial charge in [-0.2, -0.15) is 4.39 Å². The Balaban J connectivity index is 3.30. The van der Waals surface area contributed by atoms with Crippen molar-refractivity contribution in [3.63, 3.8) is 0 Å². The number of halogens is 2. The molecule has 1 N–H and O–H groups in total. The zero-order chi connectivity index (χ0) is 16.3. The first-order valence-corrected chi connectivity index (χ1v) is 5.81. The van der Waals surface area contributed by atoms with E-state index in [2.05, 4.69) is 0 Å². The average molecular weight is 302 g/mol. The molecule has 0 aliphatic rings. The molecule has 0 aliphatic heterocycles. The van der Waals surface area contributed by atoms with Gasteiger partial charge >= 0.3 is 11.7 Å². The van der Waals surface area contributed by atoms with Crippen molar-refractivity contribution in [1.82, 2.24) is 4.90 Å². The van der Waals surface area contributed by atoms with Crippen LogP contribution in [0.2, 0.25) is 0 Å². The molecule has 0 unspecified atom stereocenters. The summed E-state index contributed by atoms with van der Waals surface area (Å²) in [6.45, 7) is 2.29. The van der Waals surface area contributed by atoms with Crippen molar-refractivity contribution < 1.29 is 28.4 Å². The molecule has 7 nitrogen and oxygen atoms in total. The van der Waals surface area contributed by atoms with Gasteiger partial charge in [-0.15, -0.1) is 0 Å². The number of nitro groups is 1. The summed E-state index contributed by atoms with van der Waals surface area (Å²) in [7, 11) is 0. The lowest BCUT2D eigenvalue weighted by Crippen LogP contribution is -2.41. The Bertz CT molecular complexity index is 604. The van der Waals surface area contributed by atoms with Crippen molar-refractivity contribution in [2.24, 2.45) is 0 Å². The molecule has 0 heterocycles. The zero-order valence-electron chi connectivity index (χ0n) is 11.2. The number of aliphatic carboxylic acids is 1. The lowest BCUT2D eigenvalue weighted by Gasteiger charge is -2.25. The number of nitro benzene ring substituents is 1. The number of hydrogen-bond acceptors (Lipinski definition) is 4. The van der Waals surface area contributed by atoms with Crippen molar-refractivity contribution in [2.75, 3.05) is 6.54 Å². The van der Waals surface area contributed by atoms with Gasteiger partial charge < -0.3 is 10.0 Å². The summed E-state index contributed by atoms with van der Waals surface area (Å²) in [5.74, 6) is -5.09. The van der Waals surface area contributed by atoms with E-state index >= 15 is 0 Å². The second-order valence-corrected chi connectivity index (χ2v) is 4.46. The van der Waals surface area contributed by atoms with Crippen molar-refractivity contribution >= 4 is 17.6 Å². The zero-order valence-corrected chi connectivity index (χ0v) is 11.2. The van der Waals surface area contributed by atoms with Crippen LogP contribution in [-0.4, -0.2) is 39.4 Å². The molecule has 0 bridgehead atoms. The van der Waals surface area contributed by atoms with E-state index in [1.54, 1.807) is 0 Å². The van der Waals surface area contributed by atoms with Crippen LogP contribution in [0.25, 0.3) is 0 Å². The molecule has 0 radical (unpaired) electrons. The van der Waals surface area contributed by atoms with Gasteiger partial charge in [0.15, 0.2) is 0 Å². The summed E-state index contributed by atoms with van der Waals surface area (Å²) in [6.07, 6.45) is 0. The normalized spacial score (nSPS) is 10.5. The fraction of sp³-hybridized carbons (Fsp3) is 0.333. The Morgan fingerprint density at radius 1 is 1.33 bits per heavy atom. The number of carboxylic acids is 1. The molecule has 0 fully saturated rings. The summed E-state index contributed by atoms with van der Waals surface area (Å²) in [5.41, 5.74) is -1.81. The molecule has 114 valence electrons. The summed E-state index contributed by atoms with van der Waals surface area (Å²) in [5, 5.41) is 19.3. The summed E-state index contributed by atoms with van der Waals surface area (Å²) in [4.78, 5) is 33.1. The number of carbonyl (C=O) groups excluding carboxylic acids is 1. The third-order valence-electron chi connectivity index (χ3n) is 2.65. The minimum atomic E-state index is -1.41. The van der Waals surface area contributed by atoms with Crippen LogP contribution < -0.4 is 0 Å². The van der Waals surface area contributed by atoms with Gasteiger partial charge in [-0.25, -0.2) is 4.39 Å². The van der Waals surface area contributed by atoms with Crippen LogP contribution >= 0.6 is 0 Å². The maximum Gasteiger partial charge on any atom is 0.323 e. The first-order valence-electron chi connectivity index (χ1n) is 5.81. The Morgan fingerprint density at radius 3 is 2.33 bits per heavy atom. The highest BCUT2D eigenvalue weighted by Crippen LogP contribution is 2.23. The molecule has 1 aromatic carbocycles. The van der Waals surface area contributed by atoms with Crippen LogP contribution in [0.4, 0.5) is 14.5 Å². The fourth-order valence-corrected chi connectivity index (χ4v) is 1.63. The summed E-state index contributed by atoms with van der Waals surface area (Å²) in [6, 6.07) is 0.103. The van der Waals surface area contributed by atoms with Crippen LogP contribution in [-0.2, 0) is 4.79 Å². The monoisotopic (exact) mass is 302 g/mol. The van der Waals surface area contributed by atoms with Crippen molar-refractivity contribution in [1.29, 1.82) is 0 Å².